The first-order valence-electron chi connectivity index (χ1n) is 4.61. The van der Waals surface area contributed by atoms with Crippen LogP contribution in [0.1, 0.15) is 21.7 Å². The molecule has 2 heterocycles. The van der Waals surface area contributed by atoms with Gasteiger partial charge in [-0.15, -0.1) is 11.3 Å². The lowest BCUT2D eigenvalue weighted by Crippen LogP contribution is -2.37. The van der Waals surface area contributed by atoms with E-state index in [1.807, 2.05) is 11.4 Å². The summed E-state index contributed by atoms with van der Waals surface area (Å²) in [7, 11) is 0. The summed E-state index contributed by atoms with van der Waals surface area (Å²) in [6.45, 7) is 3.14. The van der Waals surface area contributed by atoms with E-state index in [4.69, 9.17) is 5.84 Å². The Bertz CT molecular complexity index is 333. The molecule has 1 aliphatic rings. The van der Waals surface area contributed by atoms with E-state index in [0.717, 1.165) is 30.1 Å². The van der Waals surface area contributed by atoms with Gasteiger partial charge in [0.15, 0.2) is 0 Å². The standard InChI is InChI=1S/C9H13N3OS/c10-11-9(13)8-7(2-5-14-8)6-12-3-1-4-12/h2,5H,1,3-4,6,10H2,(H,11,13). The van der Waals surface area contributed by atoms with Crippen molar-refractivity contribution >= 4 is 17.2 Å². The van der Waals surface area contributed by atoms with E-state index >= 15 is 0 Å². The summed E-state index contributed by atoms with van der Waals surface area (Å²) in [4.78, 5) is 14.4. The molecule has 1 fully saturated rings. The van der Waals surface area contributed by atoms with Gasteiger partial charge in [-0.1, -0.05) is 0 Å². The number of nitrogens with zero attached hydrogens (tertiary/aromatic N) is 1. The van der Waals surface area contributed by atoms with Gasteiger partial charge in [-0.2, -0.15) is 0 Å². The zero-order valence-electron chi connectivity index (χ0n) is 7.82. The van der Waals surface area contributed by atoms with Crippen molar-refractivity contribution < 1.29 is 4.79 Å². The number of hydrogen-bond acceptors (Lipinski definition) is 4. The number of likely N-dealkylation sites (tertiary alicyclic amines) is 1. The molecule has 0 saturated carbocycles. The summed E-state index contributed by atoms with van der Waals surface area (Å²) in [5, 5.41) is 1.93. The van der Waals surface area contributed by atoms with Gasteiger partial charge in [0.1, 0.15) is 0 Å². The zero-order valence-corrected chi connectivity index (χ0v) is 8.64. The van der Waals surface area contributed by atoms with Crippen molar-refractivity contribution in [3.05, 3.63) is 21.9 Å². The van der Waals surface area contributed by atoms with Gasteiger partial charge in [-0.25, -0.2) is 5.84 Å². The molecule has 0 bridgehead atoms. The third kappa shape index (κ3) is 1.79. The maximum Gasteiger partial charge on any atom is 0.275 e. The second-order valence-electron chi connectivity index (χ2n) is 3.38. The molecule has 0 radical (unpaired) electrons. The minimum atomic E-state index is -0.185. The Kier molecular flexibility index (Phi) is 2.81. The van der Waals surface area contributed by atoms with Crippen LogP contribution in [0.15, 0.2) is 11.4 Å². The van der Waals surface area contributed by atoms with Crippen LogP contribution in [0.5, 0.6) is 0 Å². The molecule has 14 heavy (non-hydrogen) atoms. The minimum Gasteiger partial charge on any atom is -0.299 e. The smallest absolute Gasteiger partial charge is 0.275 e. The van der Waals surface area contributed by atoms with Gasteiger partial charge < -0.3 is 0 Å². The van der Waals surface area contributed by atoms with Gasteiger partial charge in [0.2, 0.25) is 0 Å². The maximum absolute atomic E-state index is 11.3. The highest BCUT2D eigenvalue weighted by Crippen LogP contribution is 2.20. The Morgan fingerprint density at radius 1 is 1.64 bits per heavy atom. The minimum absolute atomic E-state index is 0.185. The van der Waals surface area contributed by atoms with Crippen LogP contribution in [0.2, 0.25) is 0 Å². The Balaban J connectivity index is 2.08. The predicted molar refractivity (Wildman–Crippen MR) is 55.9 cm³/mol. The van der Waals surface area contributed by atoms with Crippen molar-refractivity contribution in [3.63, 3.8) is 0 Å². The summed E-state index contributed by atoms with van der Waals surface area (Å²) in [5.41, 5.74) is 3.25. The van der Waals surface area contributed by atoms with Crippen molar-refractivity contribution in [2.45, 2.75) is 13.0 Å². The summed E-state index contributed by atoms with van der Waals surface area (Å²) in [6.07, 6.45) is 1.27. The fourth-order valence-electron chi connectivity index (χ4n) is 1.51. The topological polar surface area (TPSA) is 58.4 Å². The van der Waals surface area contributed by atoms with E-state index in [2.05, 4.69) is 10.3 Å². The maximum atomic E-state index is 11.3. The van der Waals surface area contributed by atoms with Crippen LogP contribution in [-0.4, -0.2) is 23.9 Å². The van der Waals surface area contributed by atoms with E-state index in [9.17, 15) is 4.79 Å². The van der Waals surface area contributed by atoms with E-state index < -0.39 is 0 Å². The lowest BCUT2D eigenvalue weighted by Gasteiger charge is -2.30. The Hall–Kier alpha value is -0.910. The van der Waals surface area contributed by atoms with Gasteiger partial charge in [-0.3, -0.25) is 15.1 Å². The molecule has 1 aromatic rings. The zero-order chi connectivity index (χ0) is 9.97. The first kappa shape index (κ1) is 9.64. The molecule has 1 aromatic heterocycles. The normalized spacial score (nSPS) is 16.4. The van der Waals surface area contributed by atoms with Crippen LogP contribution in [0, 0.1) is 0 Å². The first-order valence-corrected chi connectivity index (χ1v) is 5.49. The lowest BCUT2D eigenvalue weighted by molar-refractivity contribution is 0.0954. The van der Waals surface area contributed by atoms with Crippen molar-refractivity contribution in [2.75, 3.05) is 13.1 Å². The van der Waals surface area contributed by atoms with E-state index in [0.29, 0.717) is 0 Å². The highest BCUT2D eigenvalue weighted by atomic mass is 32.1. The number of thiophene rings is 1. The molecular formula is C9H13N3OS. The van der Waals surface area contributed by atoms with Crippen molar-refractivity contribution in [2.24, 2.45) is 5.84 Å². The van der Waals surface area contributed by atoms with Crippen LogP contribution in [-0.2, 0) is 6.54 Å². The Morgan fingerprint density at radius 3 is 3.00 bits per heavy atom. The summed E-state index contributed by atoms with van der Waals surface area (Å²) < 4.78 is 0. The third-order valence-electron chi connectivity index (χ3n) is 2.43. The largest absolute Gasteiger partial charge is 0.299 e. The van der Waals surface area contributed by atoms with Crippen molar-refractivity contribution in [1.29, 1.82) is 0 Å². The van der Waals surface area contributed by atoms with Crippen LogP contribution in [0.4, 0.5) is 0 Å². The molecule has 5 heteroatoms. The lowest BCUT2D eigenvalue weighted by atomic mass is 10.1. The van der Waals surface area contributed by atoms with Crippen molar-refractivity contribution in [1.82, 2.24) is 10.3 Å². The number of rotatable bonds is 3. The molecular weight excluding hydrogens is 198 g/mol. The molecule has 0 aromatic carbocycles. The molecule has 4 nitrogen and oxygen atoms in total. The molecule has 0 unspecified atom stereocenters. The van der Waals surface area contributed by atoms with Crippen LogP contribution in [0.25, 0.3) is 0 Å². The number of nitrogens with two attached hydrogens (primary N) is 1. The number of carbonyl (C=O) groups excluding carboxylic acids is 1. The first-order chi connectivity index (χ1) is 6.81. The van der Waals surface area contributed by atoms with Gasteiger partial charge in [0, 0.05) is 6.54 Å². The van der Waals surface area contributed by atoms with Crippen LogP contribution < -0.4 is 11.3 Å². The van der Waals surface area contributed by atoms with E-state index in [1.165, 1.54) is 17.8 Å². The number of nitrogen functional groups attached to an aromatic ring is 1. The fraction of sp³-hybridized carbons (Fsp3) is 0.444. The molecule has 76 valence electrons. The number of carbonyl (C=O) groups is 1. The third-order valence-corrected chi connectivity index (χ3v) is 3.38. The van der Waals surface area contributed by atoms with Crippen LogP contribution >= 0.6 is 11.3 Å². The van der Waals surface area contributed by atoms with Gasteiger partial charge in [0.25, 0.3) is 5.91 Å². The summed E-state index contributed by atoms with van der Waals surface area (Å²) >= 11 is 1.44. The number of nitrogens with one attached hydrogen (secondary N) is 1. The quantitative estimate of drug-likeness (QED) is 0.436. The average Bonchev–Trinajstić information content (AvgIpc) is 2.58. The number of amides is 1. The highest BCUT2D eigenvalue weighted by molar-refractivity contribution is 7.12. The van der Waals surface area contributed by atoms with Crippen LogP contribution in [0.3, 0.4) is 0 Å². The van der Waals surface area contributed by atoms with Crippen molar-refractivity contribution in [3.8, 4) is 0 Å². The van der Waals surface area contributed by atoms with E-state index in [1.54, 1.807) is 0 Å². The molecule has 1 saturated heterocycles. The monoisotopic (exact) mass is 211 g/mol. The SMILES string of the molecule is NNC(=O)c1sccc1CN1CCC1. The summed E-state index contributed by atoms with van der Waals surface area (Å²) in [6, 6.07) is 1.99. The molecule has 3 N–H and O–H groups in total. The number of hydrogen-bond donors (Lipinski definition) is 2. The molecule has 0 spiro atoms. The van der Waals surface area contributed by atoms with E-state index in [-0.39, 0.29) is 5.91 Å². The average molecular weight is 211 g/mol. The Labute approximate surface area is 86.7 Å². The van der Waals surface area contributed by atoms with Gasteiger partial charge in [0.05, 0.1) is 4.88 Å². The molecule has 0 atom stereocenters. The predicted octanol–water partition coefficient (Wildman–Crippen LogP) is 0.557. The molecule has 0 aliphatic carbocycles. The van der Waals surface area contributed by atoms with Gasteiger partial charge in [-0.05, 0) is 36.5 Å². The molecule has 2 rings (SSSR count). The van der Waals surface area contributed by atoms with Gasteiger partial charge >= 0.3 is 0 Å². The number of hydrazine groups is 1. The second-order valence-corrected chi connectivity index (χ2v) is 4.29. The molecule has 1 amide bonds. The fourth-order valence-corrected chi connectivity index (χ4v) is 2.32. The summed E-state index contributed by atoms with van der Waals surface area (Å²) in [5.74, 6) is 4.92. The Morgan fingerprint density at radius 2 is 2.43 bits per heavy atom. The molecule has 1 aliphatic heterocycles. The highest BCUT2D eigenvalue weighted by Gasteiger charge is 2.18. The second kappa shape index (κ2) is 4.08.